The molecule has 2 aliphatic heterocycles. The number of aliphatic carboxylic acids is 1. The molecular formula is C17H16ClN5O4S. The van der Waals surface area contributed by atoms with E-state index in [4.69, 9.17) is 11.6 Å². The lowest BCUT2D eigenvalue weighted by atomic mass is 10.0. The monoisotopic (exact) mass is 421 g/mol. The highest BCUT2D eigenvalue weighted by Crippen LogP contribution is 2.41. The number of nitrogens with one attached hydrogen (secondary N) is 3. The Kier molecular flexibility index (Phi) is 4.68. The average Bonchev–Trinajstić information content (AvgIpc) is 3.13. The summed E-state index contributed by atoms with van der Waals surface area (Å²) < 4.78 is 0. The van der Waals surface area contributed by atoms with Crippen LogP contribution in [-0.4, -0.2) is 61.0 Å². The van der Waals surface area contributed by atoms with Crippen molar-refractivity contribution in [2.24, 2.45) is 0 Å². The molecule has 0 saturated carbocycles. The van der Waals surface area contributed by atoms with Crippen molar-refractivity contribution < 1.29 is 19.5 Å². The number of anilines is 1. The number of imidazole rings is 1. The Bertz CT molecular complexity index is 1020. The van der Waals surface area contributed by atoms with Crippen molar-refractivity contribution in [2.75, 3.05) is 11.1 Å². The first kappa shape index (κ1) is 18.6. The first-order valence-electron chi connectivity index (χ1n) is 8.43. The minimum Gasteiger partial charge on any atom is -0.477 e. The number of benzene rings is 1. The van der Waals surface area contributed by atoms with Gasteiger partial charge in [-0.1, -0.05) is 11.6 Å². The fourth-order valence-corrected chi connectivity index (χ4v) is 4.75. The lowest BCUT2D eigenvalue weighted by Crippen LogP contribution is -2.71. The first-order valence-corrected chi connectivity index (χ1v) is 9.86. The highest BCUT2D eigenvalue weighted by atomic mass is 35.5. The van der Waals surface area contributed by atoms with Crippen LogP contribution in [0.1, 0.15) is 6.92 Å². The molecule has 2 aliphatic rings. The topological polar surface area (TPSA) is 127 Å². The molecule has 1 aromatic carbocycles. The van der Waals surface area contributed by atoms with Gasteiger partial charge in [-0.15, -0.1) is 11.8 Å². The third kappa shape index (κ3) is 3.08. The highest BCUT2D eigenvalue weighted by molar-refractivity contribution is 8.00. The van der Waals surface area contributed by atoms with Crippen LogP contribution in [0.4, 0.5) is 5.69 Å². The third-order valence-corrected chi connectivity index (χ3v) is 6.37. The van der Waals surface area contributed by atoms with E-state index in [9.17, 15) is 19.5 Å². The molecule has 2 aromatic rings. The second kappa shape index (κ2) is 7.02. The van der Waals surface area contributed by atoms with Crippen molar-refractivity contribution in [3.63, 3.8) is 0 Å². The van der Waals surface area contributed by atoms with E-state index in [1.54, 1.807) is 13.3 Å². The van der Waals surface area contributed by atoms with Crippen molar-refractivity contribution in [3.05, 3.63) is 35.3 Å². The Morgan fingerprint density at radius 3 is 3.00 bits per heavy atom. The molecule has 0 aliphatic carbocycles. The molecule has 0 bridgehead atoms. The quantitative estimate of drug-likeness (QED) is 0.536. The molecule has 4 rings (SSSR count). The molecule has 146 valence electrons. The molecule has 2 amide bonds. The van der Waals surface area contributed by atoms with Crippen LogP contribution >= 0.6 is 23.4 Å². The van der Waals surface area contributed by atoms with Gasteiger partial charge >= 0.3 is 5.97 Å². The average molecular weight is 422 g/mol. The summed E-state index contributed by atoms with van der Waals surface area (Å²) in [5.74, 6) is -1.81. The van der Waals surface area contributed by atoms with Gasteiger partial charge < -0.3 is 20.7 Å². The first-order chi connectivity index (χ1) is 13.4. The summed E-state index contributed by atoms with van der Waals surface area (Å²) >= 11 is 7.26. The van der Waals surface area contributed by atoms with E-state index in [-0.39, 0.29) is 22.4 Å². The number of carboxylic acids is 1. The SMILES string of the molecule is C[C@H](Nc1ccc2nc[nH]c2c1)C(=O)NC1C(=O)N2C(C(=O)O)=C(Cl)CS[C@@H]12. The van der Waals surface area contributed by atoms with Crippen LogP contribution < -0.4 is 10.6 Å². The number of halogens is 1. The Hall–Kier alpha value is -2.72. The second-order valence-corrected chi connectivity index (χ2v) is 8.02. The number of carbonyl (C=O) groups excluding carboxylic acids is 2. The fourth-order valence-electron chi connectivity index (χ4n) is 3.20. The summed E-state index contributed by atoms with van der Waals surface area (Å²) in [4.78, 5) is 44.6. The zero-order valence-corrected chi connectivity index (χ0v) is 16.2. The van der Waals surface area contributed by atoms with Gasteiger partial charge in [0.1, 0.15) is 23.2 Å². The van der Waals surface area contributed by atoms with Crippen molar-refractivity contribution >= 4 is 57.9 Å². The van der Waals surface area contributed by atoms with Crippen LogP contribution in [0.2, 0.25) is 0 Å². The summed E-state index contributed by atoms with van der Waals surface area (Å²) in [5, 5.41) is 14.7. The van der Waals surface area contributed by atoms with Gasteiger partial charge in [0.05, 0.1) is 22.4 Å². The normalized spacial score (nSPS) is 22.5. The smallest absolute Gasteiger partial charge is 0.353 e. The molecule has 0 radical (unpaired) electrons. The van der Waals surface area contributed by atoms with Crippen LogP contribution in [-0.2, 0) is 14.4 Å². The summed E-state index contributed by atoms with van der Waals surface area (Å²) in [5.41, 5.74) is 2.18. The Labute approximate surface area is 168 Å². The van der Waals surface area contributed by atoms with Gasteiger partial charge in [-0.25, -0.2) is 9.78 Å². The molecular weight excluding hydrogens is 406 g/mol. The number of amides is 2. The predicted octanol–water partition coefficient (Wildman–Crippen LogP) is 1.30. The van der Waals surface area contributed by atoms with E-state index >= 15 is 0 Å². The number of nitrogens with zero attached hydrogens (tertiary/aromatic N) is 2. The molecule has 1 aromatic heterocycles. The summed E-state index contributed by atoms with van der Waals surface area (Å²) in [6.45, 7) is 1.68. The number of hydrogen-bond donors (Lipinski definition) is 4. The van der Waals surface area contributed by atoms with Crippen LogP contribution in [0.3, 0.4) is 0 Å². The molecule has 11 heteroatoms. The van der Waals surface area contributed by atoms with E-state index in [1.807, 2.05) is 18.2 Å². The Balaban J connectivity index is 1.41. The number of H-pyrrole nitrogens is 1. The van der Waals surface area contributed by atoms with Crippen LogP contribution in [0.5, 0.6) is 0 Å². The predicted molar refractivity (Wildman–Crippen MR) is 105 cm³/mol. The third-order valence-electron chi connectivity index (χ3n) is 4.62. The maximum atomic E-state index is 12.5. The minimum absolute atomic E-state index is 0.121. The van der Waals surface area contributed by atoms with E-state index < -0.39 is 29.3 Å². The number of carboxylic acid groups (broad SMARTS) is 1. The lowest BCUT2D eigenvalue weighted by molar-refractivity contribution is -0.150. The number of hydrogen-bond acceptors (Lipinski definition) is 6. The van der Waals surface area contributed by atoms with Gasteiger partial charge in [-0.3, -0.25) is 14.5 Å². The molecule has 1 saturated heterocycles. The largest absolute Gasteiger partial charge is 0.477 e. The maximum Gasteiger partial charge on any atom is 0.353 e. The van der Waals surface area contributed by atoms with Crippen LogP contribution in [0.25, 0.3) is 11.0 Å². The number of β-lactam (4-membered cyclic amide) rings is 1. The van der Waals surface area contributed by atoms with E-state index in [0.29, 0.717) is 0 Å². The van der Waals surface area contributed by atoms with Gasteiger partial charge in [0.15, 0.2) is 0 Å². The molecule has 4 N–H and O–H groups in total. The van der Waals surface area contributed by atoms with Gasteiger partial charge in [0, 0.05) is 11.4 Å². The van der Waals surface area contributed by atoms with E-state index in [2.05, 4.69) is 20.6 Å². The standard InChI is InChI=1S/C17H16ClN5O4S/c1-7(21-8-2-3-10-11(4-8)20-6-19-10)14(24)22-12-15(25)23-13(17(26)27)9(18)5-28-16(12)23/h2-4,6-7,12,16,21H,5H2,1H3,(H,19,20)(H,22,24)(H,26,27)/t7-,12?,16-/m0/s1. The van der Waals surface area contributed by atoms with Gasteiger partial charge in [-0.2, -0.15) is 0 Å². The number of fused-ring (bicyclic) bond motifs is 2. The molecule has 1 fully saturated rings. The van der Waals surface area contributed by atoms with Gasteiger partial charge in [-0.05, 0) is 25.1 Å². The number of thioether (sulfide) groups is 1. The van der Waals surface area contributed by atoms with E-state index in [0.717, 1.165) is 21.6 Å². The lowest BCUT2D eigenvalue weighted by Gasteiger charge is -2.49. The summed E-state index contributed by atoms with van der Waals surface area (Å²) in [6, 6.07) is 4.09. The zero-order chi connectivity index (χ0) is 20.0. The van der Waals surface area contributed by atoms with Crippen LogP contribution in [0.15, 0.2) is 35.3 Å². The van der Waals surface area contributed by atoms with Crippen molar-refractivity contribution in [1.82, 2.24) is 20.2 Å². The molecule has 3 atom stereocenters. The van der Waals surface area contributed by atoms with Crippen molar-refractivity contribution in [1.29, 1.82) is 0 Å². The highest BCUT2D eigenvalue weighted by Gasteiger charge is 2.54. The Morgan fingerprint density at radius 1 is 1.46 bits per heavy atom. The zero-order valence-electron chi connectivity index (χ0n) is 14.6. The summed E-state index contributed by atoms with van der Waals surface area (Å²) in [7, 11) is 0. The molecule has 3 heterocycles. The summed E-state index contributed by atoms with van der Waals surface area (Å²) in [6.07, 6.45) is 1.59. The molecule has 0 spiro atoms. The molecule has 9 nitrogen and oxygen atoms in total. The van der Waals surface area contributed by atoms with Gasteiger partial charge in [0.2, 0.25) is 5.91 Å². The number of aromatic amines is 1. The maximum absolute atomic E-state index is 12.5. The van der Waals surface area contributed by atoms with E-state index in [1.165, 1.54) is 11.8 Å². The second-order valence-electron chi connectivity index (χ2n) is 6.46. The van der Waals surface area contributed by atoms with Crippen molar-refractivity contribution in [2.45, 2.75) is 24.4 Å². The number of rotatable bonds is 5. The number of aromatic nitrogens is 2. The fraction of sp³-hybridized carbons (Fsp3) is 0.294. The molecule has 28 heavy (non-hydrogen) atoms. The van der Waals surface area contributed by atoms with Gasteiger partial charge in [0.25, 0.3) is 5.91 Å². The molecule has 1 unspecified atom stereocenters. The van der Waals surface area contributed by atoms with Crippen molar-refractivity contribution in [3.8, 4) is 0 Å². The van der Waals surface area contributed by atoms with Crippen LogP contribution in [0, 0.1) is 0 Å². The minimum atomic E-state index is -1.25. The number of carbonyl (C=O) groups is 3. The Morgan fingerprint density at radius 2 is 2.25 bits per heavy atom.